The van der Waals surface area contributed by atoms with Crippen LogP contribution in [0.1, 0.15) is 26.7 Å². The van der Waals surface area contributed by atoms with Crippen molar-refractivity contribution in [3.8, 4) is 11.1 Å². The van der Waals surface area contributed by atoms with Gasteiger partial charge in [-0.3, -0.25) is 4.79 Å². The van der Waals surface area contributed by atoms with Crippen LogP contribution in [0, 0.1) is 0 Å². The molecule has 0 radical (unpaired) electrons. The molecule has 0 fully saturated rings. The molecule has 0 saturated heterocycles. The van der Waals surface area contributed by atoms with Crippen LogP contribution >= 0.6 is 11.8 Å². The van der Waals surface area contributed by atoms with Crippen LogP contribution in [0.4, 0.5) is 5.69 Å². The van der Waals surface area contributed by atoms with Gasteiger partial charge in [-0.2, -0.15) is 0 Å². The Labute approximate surface area is 185 Å². The second kappa shape index (κ2) is 7.29. The Bertz CT molecular complexity index is 1340. The average Bonchev–Trinajstić information content (AvgIpc) is 3.00. The number of thioether (sulfide) groups is 1. The number of rotatable bonds is 2. The number of ketones is 1. The molecule has 0 unspecified atom stereocenters. The van der Waals surface area contributed by atoms with Gasteiger partial charge < -0.3 is 5.32 Å². The molecule has 148 valence electrons. The van der Waals surface area contributed by atoms with E-state index in [1.165, 1.54) is 11.1 Å². The molecule has 6 rings (SSSR count). The molecular formula is C28H19NOS. The molecule has 1 aliphatic carbocycles. The van der Waals surface area contributed by atoms with Crippen molar-refractivity contribution >= 4 is 28.9 Å². The molecular weight excluding hydrogens is 398 g/mol. The normalized spacial score (nSPS) is 16.8. The highest BCUT2D eigenvalue weighted by molar-refractivity contribution is 8.00. The van der Waals surface area contributed by atoms with Gasteiger partial charge in [0, 0.05) is 21.6 Å². The molecule has 1 aliphatic heterocycles. The van der Waals surface area contributed by atoms with Crippen molar-refractivity contribution in [2.24, 2.45) is 0 Å². The summed E-state index contributed by atoms with van der Waals surface area (Å²) in [5.74, 6) is 0.121. The number of fused-ring (bicyclic) bond motifs is 3. The molecule has 0 saturated carbocycles. The second-order valence-electron chi connectivity index (χ2n) is 7.77. The molecule has 1 heterocycles. The first-order chi connectivity index (χ1) is 15.3. The van der Waals surface area contributed by atoms with E-state index in [0.717, 1.165) is 38.5 Å². The molecule has 31 heavy (non-hydrogen) atoms. The maximum absolute atomic E-state index is 13.5. The van der Waals surface area contributed by atoms with Crippen LogP contribution in [0.5, 0.6) is 0 Å². The van der Waals surface area contributed by atoms with Crippen LogP contribution in [0.3, 0.4) is 0 Å². The second-order valence-corrected chi connectivity index (χ2v) is 8.92. The Morgan fingerprint density at radius 1 is 0.645 bits per heavy atom. The molecule has 4 aromatic rings. The first kappa shape index (κ1) is 18.2. The summed E-state index contributed by atoms with van der Waals surface area (Å²) in [6, 6.07) is 35.2. The molecule has 3 heteroatoms. The van der Waals surface area contributed by atoms with E-state index in [0.29, 0.717) is 0 Å². The highest BCUT2D eigenvalue weighted by Gasteiger charge is 2.37. The Hall–Kier alpha value is -3.56. The average molecular weight is 418 g/mol. The van der Waals surface area contributed by atoms with Gasteiger partial charge in [0.15, 0.2) is 5.78 Å². The van der Waals surface area contributed by atoms with Crippen LogP contribution in [-0.4, -0.2) is 5.78 Å². The molecule has 0 amide bonds. The number of hydrogen-bond acceptors (Lipinski definition) is 3. The van der Waals surface area contributed by atoms with E-state index in [9.17, 15) is 4.79 Å². The van der Waals surface area contributed by atoms with Crippen molar-refractivity contribution in [2.45, 2.75) is 10.1 Å². The quantitative estimate of drug-likeness (QED) is 0.373. The third-order valence-electron chi connectivity index (χ3n) is 5.93. The summed E-state index contributed by atoms with van der Waals surface area (Å²) < 4.78 is 0. The Morgan fingerprint density at radius 3 is 2.10 bits per heavy atom. The van der Waals surface area contributed by atoms with Crippen molar-refractivity contribution in [3.63, 3.8) is 0 Å². The van der Waals surface area contributed by atoms with Crippen LogP contribution in [0.2, 0.25) is 0 Å². The van der Waals surface area contributed by atoms with Crippen molar-refractivity contribution in [1.82, 2.24) is 0 Å². The minimum absolute atomic E-state index is 0.0733. The predicted octanol–water partition coefficient (Wildman–Crippen LogP) is 7.22. The van der Waals surface area contributed by atoms with Gasteiger partial charge in [-0.15, -0.1) is 11.8 Å². The standard InChI is InChI=1S/C28H19NOS/c30-27-22-11-5-4-10-21(22)26-25(27)28(31-24-13-7-6-12-23(24)29-26)20-16-14-19(15-17-20)18-8-2-1-3-9-18/h1-17,28-29H/t28-/m1/s1. The monoisotopic (exact) mass is 417 g/mol. The molecule has 0 bridgehead atoms. The topological polar surface area (TPSA) is 29.1 Å². The summed E-state index contributed by atoms with van der Waals surface area (Å²) >= 11 is 1.74. The molecule has 4 aromatic carbocycles. The summed E-state index contributed by atoms with van der Waals surface area (Å²) in [4.78, 5) is 14.6. The fourth-order valence-corrected chi connectivity index (χ4v) is 5.69. The zero-order valence-electron chi connectivity index (χ0n) is 16.7. The summed E-state index contributed by atoms with van der Waals surface area (Å²) in [6.45, 7) is 0. The number of benzene rings is 4. The number of anilines is 1. The summed E-state index contributed by atoms with van der Waals surface area (Å²) in [6.07, 6.45) is 0. The fourth-order valence-electron chi connectivity index (χ4n) is 4.40. The van der Waals surface area contributed by atoms with E-state index in [1.807, 2.05) is 36.4 Å². The predicted molar refractivity (Wildman–Crippen MR) is 128 cm³/mol. The number of nitrogens with one attached hydrogen (secondary N) is 1. The van der Waals surface area contributed by atoms with Gasteiger partial charge in [0.05, 0.1) is 16.6 Å². The van der Waals surface area contributed by atoms with E-state index >= 15 is 0 Å². The SMILES string of the molecule is O=C1C2=C(Nc3ccccc3S[C@@H]2c2ccc(-c3ccccc3)cc2)c2ccccc21. The number of para-hydroxylation sites is 1. The molecule has 0 aromatic heterocycles. The van der Waals surface area contributed by atoms with E-state index in [-0.39, 0.29) is 11.0 Å². The maximum atomic E-state index is 13.5. The lowest BCUT2D eigenvalue weighted by Crippen LogP contribution is -2.07. The fraction of sp³-hybridized carbons (Fsp3) is 0.0357. The van der Waals surface area contributed by atoms with Crippen molar-refractivity contribution < 1.29 is 4.79 Å². The number of Topliss-reactive ketones (excluding diaryl/α,β-unsaturated/α-hetero) is 1. The summed E-state index contributed by atoms with van der Waals surface area (Å²) in [7, 11) is 0. The van der Waals surface area contributed by atoms with Crippen LogP contribution in [0.25, 0.3) is 16.8 Å². The molecule has 2 aliphatic rings. The Balaban J connectivity index is 1.49. The minimum atomic E-state index is -0.0733. The lowest BCUT2D eigenvalue weighted by molar-refractivity contribution is 0.103. The van der Waals surface area contributed by atoms with Crippen molar-refractivity contribution in [2.75, 3.05) is 5.32 Å². The smallest absolute Gasteiger partial charge is 0.193 e. The van der Waals surface area contributed by atoms with Gasteiger partial charge in [0.1, 0.15) is 0 Å². The molecule has 1 atom stereocenters. The van der Waals surface area contributed by atoms with Gasteiger partial charge in [-0.1, -0.05) is 91.0 Å². The molecule has 0 spiro atoms. The van der Waals surface area contributed by atoms with Gasteiger partial charge in [-0.05, 0) is 28.8 Å². The first-order valence-corrected chi connectivity index (χ1v) is 11.2. The lowest BCUT2D eigenvalue weighted by atomic mass is 9.98. The molecule has 1 N–H and O–H groups in total. The molecule has 2 nitrogen and oxygen atoms in total. The highest BCUT2D eigenvalue weighted by atomic mass is 32.2. The van der Waals surface area contributed by atoms with Crippen LogP contribution < -0.4 is 5.32 Å². The van der Waals surface area contributed by atoms with E-state index < -0.39 is 0 Å². The summed E-state index contributed by atoms with van der Waals surface area (Å²) in [5, 5.41) is 3.51. The van der Waals surface area contributed by atoms with E-state index in [1.54, 1.807) is 11.8 Å². The largest absolute Gasteiger partial charge is 0.354 e. The highest BCUT2D eigenvalue weighted by Crippen LogP contribution is 2.52. The maximum Gasteiger partial charge on any atom is 0.193 e. The van der Waals surface area contributed by atoms with Crippen molar-refractivity contribution in [3.05, 3.63) is 125 Å². The number of carbonyl (C=O) groups excluding carboxylic acids is 1. The lowest BCUT2D eigenvalue weighted by Gasteiger charge is -2.18. The van der Waals surface area contributed by atoms with Crippen LogP contribution in [0.15, 0.2) is 114 Å². The zero-order chi connectivity index (χ0) is 20.8. The Kier molecular flexibility index (Phi) is 4.29. The van der Waals surface area contributed by atoms with Gasteiger partial charge >= 0.3 is 0 Å². The van der Waals surface area contributed by atoms with E-state index in [4.69, 9.17) is 0 Å². The zero-order valence-corrected chi connectivity index (χ0v) is 17.5. The first-order valence-electron chi connectivity index (χ1n) is 10.4. The minimum Gasteiger partial charge on any atom is -0.354 e. The van der Waals surface area contributed by atoms with Crippen LogP contribution in [-0.2, 0) is 0 Å². The number of hydrogen-bond donors (Lipinski definition) is 1. The Morgan fingerprint density at radius 2 is 1.29 bits per heavy atom. The number of carbonyl (C=O) groups is 1. The third-order valence-corrected chi connectivity index (χ3v) is 7.28. The van der Waals surface area contributed by atoms with Crippen molar-refractivity contribution in [1.29, 1.82) is 0 Å². The van der Waals surface area contributed by atoms with Gasteiger partial charge in [-0.25, -0.2) is 0 Å². The van der Waals surface area contributed by atoms with Gasteiger partial charge in [0.2, 0.25) is 0 Å². The summed E-state index contributed by atoms with van der Waals surface area (Å²) in [5.41, 5.74) is 8.11. The third kappa shape index (κ3) is 3.01. The van der Waals surface area contributed by atoms with E-state index in [2.05, 4.69) is 72.0 Å². The van der Waals surface area contributed by atoms with Gasteiger partial charge in [0.25, 0.3) is 0 Å².